The van der Waals surface area contributed by atoms with Gasteiger partial charge in [0.15, 0.2) is 0 Å². The monoisotopic (exact) mass is 244 g/mol. The lowest BCUT2D eigenvalue weighted by molar-refractivity contribution is 0.628. The maximum Gasteiger partial charge on any atom is 0.232 e. The van der Waals surface area contributed by atoms with Gasteiger partial charge in [-0.15, -0.1) is 0 Å². The van der Waals surface area contributed by atoms with Crippen molar-refractivity contribution in [3.8, 4) is 0 Å². The van der Waals surface area contributed by atoms with Crippen LogP contribution in [0.1, 0.15) is 0 Å². The van der Waals surface area contributed by atoms with E-state index in [1.165, 1.54) is 12.1 Å². The Morgan fingerprint density at radius 2 is 2.27 bits per heavy atom. The number of benzene rings is 1. The standard InChI is InChI=1S/C8H6ClFN4S/c1-14(8-11-12-13-15-8)5-2-3-7(10)6(9)4-5/h2-4H,1H3. The second-order valence-corrected chi connectivity index (χ2v) is 3.92. The van der Waals surface area contributed by atoms with E-state index in [2.05, 4.69) is 14.8 Å². The number of nitrogens with zero attached hydrogens (tertiary/aromatic N) is 4. The molecule has 1 heterocycles. The summed E-state index contributed by atoms with van der Waals surface area (Å²) in [5.41, 5.74) is 0.736. The Bertz CT molecular complexity index is 462. The molecule has 0 saturated heterocycles. The second kappa shape index (κ2) is 4.08. The molecule has 0 aliphatic carbocycles. The van der Waals surface area contributed by atoms with Gasteiger partial charge < -0.3 is 4.90 Å². The topological polar surface area (TPSA) is 41.9 Å². The fraction of sp³-hybridized carbons (Fsp3) is 0.125. The van der Waals surface area contributed by atoms with E-state index in [0.29, 0.717) is 5.13 Å². The molecule has 0 N–H and O–H groups in total. The second-order valence-electron chi connectivity index (χ2n) is 2.80. The summed E-state index contributed by atoms with van der Waals surface area (Å²) in [6.45, 7) is 0. The van der Waals surface area contributed by atoms with Crippen molar-refractivity contribution in [1.82, 2.24) is 14.8 Å². The van der Waals surface area contributed by atoms with E-state index in [0.717, 1.165) is 17.2 Å². The van der Waals surface area contributed by atoms with Gasteiger partial charge in [0, 0.05) is 24.3 Å². The smallest absolute Gasteiger partial charge is 0.232 e. The largest absolute Gasteiger partial charge is 0.318 e. The average Bonchev–Trinajstić information content (AvgIpc) is 2.74. The predicted octanol–water partition coefficient (Wildman–Crippen LogP) is 2.49. The molecule has 0 unspecified atom stereocenters. The minimum absolute atomic E-state index is 0.0804. The highest BCUT2D eigenvalue weighted by Crippen LogP contribution is 2.27. The molecule has 0 atom stereocenters. The van der Waals surface area contributed by atoms with E-state index < -0.39 is 5.82 Å². The van der Waals surface area contributed by atoms with E-state index in [9.17, 15) is 4.39 Å². The lowest BCUT2D eigenvalue weighted by atomic mass is 10.3. The zero-order chi connectivity index (χ0) is 10.8. The first-order chi connectivity index (χ1) is 7.18. The molecule has 15 heavy (non-hydrogen) atoms. The molecule has 78 valence electrons. The highest BCUT2D eigenvalue weighted by molar-refractivity contribution is 7.09. The summed E-state index contributed by atoms with van der Waals surface area (Å²) in [6.07, 6.45) is 0. The molecule has 7 heteroatoms. The van der Waals surface area contributed by atoms with Gasteiger partial charge in [-0.2, -0.15) is 0 Å². The van der Waals surface area contributed by atoms with Gasteiger partial charge in [0.1, 0.15) is 5.82 Å². The zero-order valence-electron chi connectivity index (χ0n) is 7.69. The first-order valence-electron chi connectivity index (χ1n) is 4.02. The molecule has 1 aromatic heterocycles. The summed E-state index contributed by atoms with van der Waals surface area (Å²) in [6, 6.07) is 4.45. The molecular formula is C8H6ClFN4S. The van der Waals surface area contributed by atoms with Crippen LogP contribution in [-0.4, -0.2) is 21.8 Å². The fourth-order valence-electron chi connectivity index (χ4n) is 1.06. The molecule has 4 nitrogen and oxygen atoms in total. The van der Waals surface area contributed by atoms with Crippen LogP contribution in [0.3, 0.4) is 0 Å². The van der Waals surface area contributed by atoms with Crippen molar-refractivity contribution >= 4 is 34.0 Å². The van der Waals surface area contributed by atoms with Crippen LogP contribution in [0.5, 0.6) is 0 Å². The van der Waals surface area contributed by atoms with Crippen LogP contribution in [0.25, 0.3) is 0 Å². The van der Waals surface area contributed by atoms with Crippen LogP contribution in [0.15, 0.2) is 18.2 Å². The summed E-state index contributed by atoms with van der Waals surface area (Å²) >= 11 is 6.82. The molecule has 0 radical (unpaired) electrons. The molecule has 0 aliphatic heterocycles. The van der Waals surface area contributed by atoms with E-state index in [4.69, 9.17) is 11.6 Å². The predicted molar refractivity (Wildman–Crippen MR) is 57.2 cm³/mol. The lowest BCUT2D eigenvalue weighted by Crippen LogP contribution is -2.09. The Kier molecular flexibility index (Phi) is 2.79. The maximum absolute atomic E-state index is 12.9. The third-order valence-electron chi connectivity index (χ3n) is 1.87. The molecule has 2 aromatic rings. The Morgan fingerprint density at radius 3 is 2.87 bits per heavy atom. The van der Waals surface area contributed by atoms with Crippen molar-refractivity contribution in [2.45, 2.75) is 0 Å². The van der Waals surface area contributed by atoms with Crippen molar-refractivity contribution in [3.63, 3.8) is 0 Å². The Labute approximate surface area is 94.5 Å². The van der Waals surface area contributed by atoms with Gasteiger partial charge in [0.05, 0.1) is 5.02 Å². The first-order valence-corrected chi connectivity index (χ1v) is 5.17. The van der Waals surface area contributed by atoms with E-state index in [1.807, 2.05) is 0 Å². The number of hydrogen-bond acceptors (Lipinski definition) is 5. The van der Waals surface area contributed by atoms with Crippen LogP contribution >= 0.6 is 23.1 Å². The molecule has 0 saturated carbocycles. The highest BCUT2D eigenvalue weighted by Gasteiger charge is 2.09. The fourth-order valence-corrected chi connectivity index (χ4v) is 1.68. The van der Waals surface area contributed by atoms with Gasteiger partial charge in [-0.3, -0.25) is 0 Å². The minimum Gasteiger partial charge on any atom is -0.318 e. The first kappa shape index (κ1) is 10.3. The van der Waals surface area contributed by atoms with Crippen molar-refractivity contribution in [3.05, 3.63) is 29.0 Å². The summed E-state index contributed by atoms with van der Waals surface area (Å²) in [5.74, 6) is -0.441. The van der Waals surface area contributed by atoms with E-state index >= 15 is 0 Å². The highest BCUT2D eigenvalue weighted by atomic mass is 35.5. The maximum atomic E-state index is 12.9. The van der Waals surface area contributed by atoms with Crippen LogP contribution < -0.4 is 4.90 Å². The summed E-state index contributed by atoms with van der Waals surface area (Å²) in [4.78, 5) is 1.73. The van der Waals surface area contributed by atoms with Gasteiger partial charge >= 0.3 is 0 Å². The van der Waals surface area contributed by atoms with Crippen molar-refractivity contribution in [2.75, 3.05) is 11.9 Å². The number of anilines is 2. The molecule has 0 spiro atoms. The number of aromatic nitrogens is 3. The molecule has 0 amide bonds. The van der Waals surface area contributed by atoms with Gasteiger partial charge in [-0.25, -0.2) is 4.39 Å². The average molecular weight is 245 g/mol. The van der Waals surface area contributed by atoms with Crippen LogP contribution in [0, 0.1) is 5.82 Å². The molecule has 1 aromatic carbocycles. The molecule has 0 aliphatic rings. The van der Waals surface area contributed by atoms with Crippen molar-refractivity contribution in [1.29, 1.82) is 0 Å². The van der Waals surface area contributed by atoms with Gasteiger partial charge in [-0.1, -0.05) is 21.2 Å². The summed E-state index contributed by atoms with van der Waals surface area (Å²) in [5, 5.41) is 7.97. The molecule has 0 fully saturated rings. The number of hydrogen-bond donors (Lipinski definition) is 0. The quantitative estimate of drug-likeness (QED) is 0.814. The van der Waals surface area contributed by atoms with Crippen molar-refractivity contribution in [2.24, 2.45) is 0 Å². The third kappa shape index (κ3) is 2.05. The lowest BCUT2D eigenvalue weighted by Gasteiger charge is -2.14. The van der Waals surface area contributed by atoms with Crippen LogP contribution in [-0.2, 0) is 0 Å². The van der Waals surface area contributed by atoms with Crippen LogP contribution in [0.2, 0.25) is 5.02 Å². The van der Waals surface area contributed by atoms with Gasteiger partial charge in [0.25, 0.3) is 0 Å². The Balaban J connectivity index is 2.34. The minimum atomic E-state index is -0.441. The van der Waals surface area contributed by atoms with Crippen molar-refractivity contribution < 1.29 is 4.39 Å². The molecular weight excluding hydrogens is 239 g/mol. The zero-order valence-corrected chi connectivity index (χ0v) is 9.26. The summed E-state index contributed by atoms with van der Waals surface area (Å²) in [7, 11) is 1.78. The van der Waals surface area contributed by atoms with E-state index in [1.54, 1.807) is 18.0 Å². The molecule has 2 rings (SSSR count). The Hall–Kier alpha value is -1.27. The van der Waals surface area contributed by atoms with Gasteiger partial charge in [-0.05, 0) is 23.4 Å². The normalized spacial score (nSPS) is 10.3. The van der Waals surface area contributed by atoms with E-state index in [-0.39, 0.29) is 5.02 Å². The van der Waals surface area contributed by atoms with Gasteiger partial charge in [0.2, 0.25) is 5.13 Å². The Morgan fingerprint density at radius 1 is 1.47 bits per heavy atom. The SMILES string of the molecule is CN(c1ccc(F)c(Cl)c1)c1nnns1. The number of rotatable bonds is 2. The molecule has 0 bridgehead atoms. The third-order valence-corrected chi connectivity index (χ3v) is 2.83. The summed E-state index contributed by atoms with van der Waals surface area (Å²) < 4.78 is 16.6. The number of halogens is 2. The van der Waals surface area contributed by atoms with Crippen LogP contribution in [0.4, 0.5) is 15.2 Å².